The van der Waals surface area contributed by atoms with Crippen molar-refractivity contribution in [3.8, 4) is 0 Å². The van der Waals surface area contributed by atoms with Gasteiger partial charge in [0.2, 0.25) is 0 Å². The lowest BCUT2D eigenvalue weighted by Gasteiger charge is -1.92. The maximum Gasteiger partial charge on any atom is 0.335 e. The third-order valence-corrected chi connectivity index (χ3v) is 1.23. The normalized spacial score (nSPS) is 9.33. The van der Waals surface area contributed by atoms with Crippen molar-refractivity contribution in [1.29, 1.82) is 0 Å². The Bertz CT molecular complexity index is 305. The number of nitrogens with zero attached hydrogens (tertiary/aromatic N) is 1. The van der Waals surface area contributed by atoms with E-state index in [9.17, 15) is 14.9 Å². The molecule has 0 aliphatic carbocycles. The van der Waals surface area contributed by atoms with Crippen molar-refractivity contribution in [3.63, 3.8) is 0 Å². The summed E-state index contributed by atoms with van der Waals surface area (Å²) in [5, 5.41) is 18.6. The van der Waals surface area contributed by atoms with Crippen molar-refractivity contribution in [3.05, 3.63) is 39.9 Å². The summed E-state index contributed by atoms with van der Waals surface area (Å²) in [5.74, 6) is -1.20. The molecule has 0 aromatic heterocycles. The summed E-state index contributed by atoms with van der Waals surface area (Å²) in [5.41, 5.74) is -0.404. The van der Waals surface area contributed by atoms with Gasteiger partial charge < -0.3 is 5.11 Å². The van der Waals surface area contributed by atoms with E-state index in [1.165, 1.54) is 6.07 Å². The molecule has 5 nitrogen and oxygen atoms in total. The number of carboxylic acids is 1. The average molecular weight is 166 g/mol. The lowest BCUT2D eigenvalue weighted by Crippen LogP contribution is -1.97. The Hall–Kier alpha value is -1.91. The average Bonchev–Trinajstić information content (AvgIpc) is 2.04. The first-order chi connectivity index (χ1) is 5.61. The number of hydrogen-bond donors (Lipinski definition) is 1. The second-order valence-electron chi connectivity index (χ2n) is 2.04. The van der Waals surface area contributed by atoms with Crippen LogP contribution in [0.15, 0.2) is 18.2 Å². The van der Waals surface area contributed by atoms with Crippen LogP contribution in [-0.4, -0.2) is 16.0 Å². The molecule has 1 rings (SSSR count). The Kier molecular flexibility index (Phi) is 2.05. The summed E-state index contributed by atoms with van der Waals surface area (Å²) in [6, 6.07) is 5.65. The molecule has 1 aromatic rings. The van der Waals surface area contributed by atoms with Crippen molar-refractivity contribution < 1.29 is 14.8 Å². The number of hydrogen-bond acceptors (Lipinski definition) is 3. The van der Waals surface area contributed by atoms with E-state index >= 15 is 0 Å². The Morgan fingerprint density at radius 2 is 2.25 bits per heavy atom. The maximum atomic E-state index is 10.3. The van der Waals surface area contributed by atoms with E-state index in [1.807, 2.05) is 0 Å². The van der Waals surface area contributed by atoms with Gasteiger partial charge in [0.1, 0.15) is 0 Å². The molecule has 0 unspecified atom stereocenters. The number of nitro groups is 1. The van der Waals surface area contributed by atoms with Gasteiger partial charge in [-0.2, -0.15) is 0 Å². The predicted octanol–water partition coefficient (Wildman–Crippen LogP) is 1.09. The van der Waals surface area contributed by atoms with Gasteiger partial charge in [0.25, 0.3) is 5.69 Å². The third kappa shape index (κ3) is 1.57. The van der Waals surface area contributed by atoms with Crippen LogP contribution in [0.25, 0.3) is 0 Å². The molecule has 0 fully saturated rings. The molecule has 0 bridgehead atoms. The highest BCUT2D eigenvalue weighted by Gasteiger charge is 2.09. The Labute approximate surface area is 67.4 Å². The molecule has 0 spiro atoms. The minimum Gasteiger partial charge on any atom is -0.478 e. The van der Waals surface area contributed by atoms with Gasteiger partial charge in [-0.3, -0.25) is 10.1 Å². The quantitative estimate of drug-likeness (QED) is 0.526. The molecule has 0 atom stereocenters. The van der Waals surface area contributed by atoms with Gasteiger partial charge in [0.05, 0.1) is 10.5 Å². The van der Waals surface area contributed by atoms with Crippen LogP contribution < -0.4 is 0 Å². The number of aromatic carboxylic acids is 1. The largest absolute Gasteiger partial charge is 0.478 e. The third-order valence-electron chi connectivity index (χ3n) is 1.23. The fourth-order valence-electron chi connectivity index (χ4n) is 0.688. The van der Waals surface area contributed by atoms with E-state index in [4.69, 9.17) is 5.11 Å². The van der Waals surface area contributed by atoms with Crippen LogP contribution >= 0.6 is 0 Å². The van der Waals surface area contributed by atoms with Crippen LogP contribution in [0.4, 0.5) is 5.69 Å². The summed E-state index contributed by atoms with van der Waals surface area (Å²) in [4.78, 5) is 19.8. The van der Waals surface area contributed by atoms with Gasteiger partial charge >= 0.3 is 5.97 Å². The molecule has 1 N–H and O–H groups in total. The van der Waals surface area contributed by atoms with E-state index in [0.29, 0.717) is 0 Å². The molecule has 0 saturated heterocycles. The summed E-state index contributed by atoms with van der Waals surface area (Å²) in [6.07, 6.45) is 0. The molecule has 12 heavy (non-hydrogen) atoms. The zero-order chi connectivity index (χ0) is 9.14. The highest BCUT2D eigenvalue weighted by atomic mass is 16.6. The summed E-state index contributed by atoms with van der Waals surface area (Å²) < 4.78 is 0. The van der Waals surface area contributed by atoms with Crippen LogP contribution in [0.5, 0.6) is 0 Å². The van der Waals surface area contributed by atoms with E-state index in [-0.39, 0.29) is 11.3 Å². The van der Waals surface area contributed by atoms with Crippen molar-refractivity contribution in [2.24, 2.45) is 0 Å². The number of benzene rings is 1. The van der Waals surface area contributed by atoms with Crippen LogP contribution in [-0.2, 0) is 0 Å². The molecule has 0 aliphatic rings. The van der Waals surface area contributed by atoms with Gasteiger partial charge in [0.15, 0.2) is 0 Å². The van der Waals surface area contributed by atoms with Crippen LogP contribution in [0.1, 0.15) is 10.4 Å². The second-order valence-corrected chi connectivity index (χ2v) is 2.04. The number of nitro benzene ring substituents is 1. The predicted molar refractivity (Wildman–Crippen MR) is 38.9 cm³/mol. The monoisotopic (exact) mass is 166 g/mol. The first kappa shape index (κ1) is 8.19. The zero-order valence-corrected chi connectivity index (χ0v) is 5.85. The summed E-state index contributed by atoms with van der Waals surface area (Å²) >= 11 is 0. The van der Waals surface area contributed by atoms with Gasteiger partial charge in [-0.15, -0.1) is 0 Å². The molecule has 1 aromatic carbocycles. The van der Waals surface area contributed by atoms with Gasteiger partial charge in [-0.1, -0.05) is 0 Å². The topological polar surface area (TPSA) is 80.4 Å². The molecule has 0 aliphatic heterocycles. The number of carbonyl (C=O) groups is 1. The van der Waals surface area contributed by atoms with Crippen molar-refractivity contribution in [1.82, 2.24) is 0 Å². The molecule has 0 amide bonds. The molecule has 1 radical (unpaired) electrons. The van der Waals surface area contributed by atoms with Crippen molar-refractivity contribution >= 4 is 11.7 Å². The summed E-state index contributed by atoms with van der Waals surface area (Å²) in [6.45, 7) is 0. The smallest absolute Gasteiger partial charge is 0.335 e. The lowest BCUT2D eigenvalue weighted by atomic mass is 10.2. The summed E-state index contributed by atoms with van der Waals surface area (Å²) in [7, 11) is 0. The van der Waals surface area contributed by atoms with Crippen LogP contribution in [0.2, 0.25) is 0 Å². The molecular formula is C7H4NO4. The molecule has 0 heterocycles. The first-order valence-electron chi connectivity index (χ1n) is 3.00. The highest BCUT2D eigenvalue weighted by Crippen LogP contribution is 2.11. The number of rotatable bonds is 2. The fourth-order valence-corrected chi connectivity index (χ4v) is 0.688. The fraction of sp³-hybridized carbons (Fsp3) is 0. The van der Waals surface area contributed by atoms with Gasteiger partial charge in [-0.25, -0.2) is 4.79 Å². The Morgan fingerprint density at radius 3 is 2.75 bits per heavy atom. The van der Waals surface area contributed by atoms with E-state index in [1.54, 1.807) is 0 Å². The lowest BCUT2D eigenvalue weighted by molar-refractivity contribution is -0.384. The molecule has 5 heteroatoms. The number of carboxylic acid groups (broad SMARTS) is 1. The minimum atomic E-state index is -1.20. The van der Waals surface area contributed by atoms with Gasteiger partial charge in [-0.05, 0) is 12.1 Å². The van der Waals surface area contributed by atoms with Crippen LogP contribution in [0, 0.1) is 16.2 Å². The second kappa shape index (κ2) is 3.00. The van der Waals surface area contributed by atoms with Crippen molar-refractivity contribution in [2.75, 3.05) is 0 Å². The maximum absolute atomic E-state index is 10.3. The molecular weight excluding hydrogens is 162 g/mol. The van der Waals surface area contributed by atoms with Crippen molar-refractivity contribution in [2.45, 2.75) is 0 Å². The zero-order valence-electron chi connectivity index (χ0n) is 5.85. The first-order valence-corrected chi connectivity index (χ1v) is 3.00. The molecule has 0 saturated carbocycles. The highest BCUT2D eigenvalue weighted by molar-refractivity contribution is 5.88. The van der Waals surface area contributed by atoms with Crippen LogP contribution in [0.3, 0.4) is 0 Å². The SMILES string of the molecule is O=C(O)c1c[c]cc([N+](=O)[O-])c1. The Balaban J connectivity index is 3.12. The van der Waals surface area contributed by atoms with E-state index < -0.39 is 10.9 Å². The van der Waals surface area contributed by atoms with Gasteiger partial charge in [0, 0.05) is 12.1 Å². The Morgan fingerprint density at radius 1 is 1.58 bits per heavy atom. The number of non-ortho nitro benzene ring substituents is 1. The minimum absolute atomic E-state index is 0.135. The standard InChI is InChI=1S/C7H4NO4/c9-7(10)5-2-1-3-6(4-5)8(11)12/h2-4H,(H,9,10). The van der Waals surface area contributed by atoms with E-state index in [2.05, 4.69) is 6.07 Å². The van der Waals surface area contributed by atoms with E-state index in [0.717, 1.165) is 12.1 Å². The molecule has 61 valence electrons.